The molecule has 0 saturated carbocycles. The summed E-state index contributed by atoms with van der Waals surface area (Å²) >= 11 is 6.09. The van der Waals surface area contributed by atoms with Crippen molar-refractivity contribution in [2.24, 2.45) is 0 Å². The van der Waals surface area contributed by atoms with E-state index in [0.717, 1.165) is 29.5 Å². The number of carbonyl (C=O) groups is 2. The summed E-state index contributed by atoms with van der Waals surface area (Å²) < 4.78 is 26.2. The molecule has 0 aliphatic carbocycles. The molecule has 0 radical (unpaired) electrons. The number of sulfonamides is 1. The predicted octanol–water partition coefficient (Wildman–Crippen LogP) is 3.66. The van der Waals surface area contributed by atoms with E-state index in [0.29, 0.717) is 22.7 Å². The van der Waals surface area contributed by atoms with E-state index >= 15 is 0 Å². The summed E-state index contributed by atoms with van der Waals surface area (Å²) in [5.41, 5.74) is 0.797. The highest BCUT2D eigenvalue weighted by Crippen LogP contribution is 2.28. The van der Waals surface area contributed by atoms with Crippen molar-refractivity contribution in [1.82, 2.24) is 10.2 Å². The van der Waals surface area contributed by atoms with Crippen LogP contribution in [0.4, 0.5) is 11.4 Å². The summed E-state index contributed by atoms with van der Waals surface area (Å²) in [7, 11) is -4.01. The zero-order valence-corrected chi connectivity index (χ0v) is 22.3. The van der Waals surface area contributed by atoms with Gasteiger partial charge in [-0.05, 0) is 43.5 Å². The number of amides is 2. The number of nitro groups is 1. The number of aryl methyl sites for hydroxylation is 1. The van der Waals surface area contributed by atoms with Crippen LogP contribution >= 0.6 is 11.6 Å². The number of nitro benzene ring substituents is 1. The van der Waals surface area contributed by atoms with Crippen molar-refractivity contribution in [3.05, 3.63) is 68.7 Å². The van der Waals surface area contributed by atoms with Crippen LogP contribution in [0.25, 0.3) is 0 Å². The number of nitrogens with zero attached hydrogens (tertiary/aromatic N) is 3. The Morgan fingerprint density at radius 2 is 1.89 bits per heavy atom. The normalized spacial score (nSPS) is 12.0. The molecule has 0 unspecified atom stereocenters. The molecule has 1 N–H and O–H groups in total. The van der Waals surface area contributed by atoms with E-state index < -0.39 is 33.4 Å². The zero-order valence-electron chi connectivity index (χ0n) is 20.7. The number of nitrogens with one attached hydrogen (secondary N) is 1. The maximum absolute atomic E-state index is 13.5. The number of hydrogen-bond donors (Lipinski definition) is 1. The molecule has 0 saturated heterocycles. The van der Waals surface area contributed by atoms with Crippen LogP contribution in [-0.4, -0.2) is 55.4 Å². The molecule has 1 atom stereocenters. The third-order valence-corrected chi connectivity index (χ3v) is 6.95. The second kappa shape index (κ2) is 12.7. The summed E-state index contributed by atoms with van der Waals surface area (Å²) in [6.07, 6.45) is 2.57. The van der Waals surface area contributed by atoms with E-state index in [-0.39, 0.29) is 23.8 Å². The Hall–Kier alpha value is -3.18. The van der Waals surface area contributed by atoms with E-state index in [1.54, 1.807) is 38.1 Å². The van der Waals surface area contributed by atoms with Gasteiger partial charge >= 0.3 is 0 Å². The third-order valence-electron chi connectivity index (χ3n) is 5.59. The molecule has 0 bridgehead atoms. The molecule has 0 aliphatic rings. The first kappa shape index (κ1) is 29.1. The van der Waals surface area contributed by atoms with E-state index in [2.05, 4.69) is 5.32 Å². The van der Waals surface area contributed by atoms with E-state index in [1.165, 1.54) is 17.0 Å². The molecule has 2 amide bonds. The molecular formula is C24H31ClN4O6S. The molecule has 0 aliphatic heterocycles. The van der Waals surface area contributed by atoms with E-state index in [9.17, 15) is 28.1 Å². The molecule has 12 heteroatoms. The number of hydrogen-bond acceptors (Lipinski definition) is 6. The largest absolute Gasteiger partial charge is 0.354 e. The monoisotopic (exact) mass is 538 g/mol. The van der Waals surface area contributed by atoms with Gasteiger partial charge in [0.15, 0.2) is 0 Å². The molecule has 196 valence electrons. The van der Waals surface area contributed by atoms with Gasteiger partial charge in [0.2, 0.25) is 21.8 Å². The predicted molar refractivity (Wildman–Crippen MR) is 139 cm³/mol. The summed E-state index contributed by atoms with van der Waals surface area (Å²) in [5.74, 6) is -1.03. The van der Waals surface area contributed by atoms with Gasteiger partial charge in [0, 0.05) is 30.2 Å². The van der Waals surface area contributed by atoms with Crippen molar-refractivity contribution in [3.63, 3.8) is 0 Å². The van der Waals surface area contributed by atoms with Crippen molar-refractivity contribution < 1.29 is 22.9 Å². The number of carbonyl (C=O) groups excluding carboxylic acids is 2. The number of anilines is 1. The second-order valence-corrected chi connectivity index (χ2v) is 10.8. The van der Waals surface area contributed by atoms with Crippen LogP contribution in [-0.2, 0) is 26.2 Å². The molecule has 0 fully saturated rings. The van der Waals surface area contributed by atoms with Crippen LogP contribution in [0.2, 0.25) is 5.02 Å². The second-order valence-electron chi connectivity index (χ2n) is 8.47. The first-order valence-electron chi connectivity index (χ1n) is 11.4. The highest BCUT2D eigenvalue weighted by molar-refractivity contribution is 7.92. The van der Waals surface area contributed by atoms with Gasteiger partial charge < -0.3 is 10.2 Å². The lowest BCUT2D eigenvalue weighted by Crippen LogP contribution is -2.51. The Labute approximate surface area is 216 Å². The minimum absolute atomic E-state index is 0.00722. The van der Waals surface area contributed by atoms with Gasteiger partial charge in [-0.15, -0.1) is 0 Å². The lowest BCUT2D eigenvalue weighted by molar-refractivity contribution is -0.384. The maximum atomic E-state index is 13.5. The van der Waals surface area contributed by atoms with Gasteiger partial charge in [-0.25, -0.2) is 8.42 Å². The molecular weight excluding hydrogens is 508 g/mol. The minimum Gasteiger partial charge on any atom is -0.354 e. The standard InChI is InChI=1S/C24H31ClN4O6S/c1-5-6-12-26-24(31)18(3)27(15-19-8-7-9-20(25)13-19)23(30)16-28(36(4,34)35)22-14-21(29(32)33)11-10-17(22)2/h7-11,13-14,18H,5-6,12,15-16H2,1-4H3,(H,26,31)/t18-/m0/s1. The Bertz CT molecular complexity index is 1220. The number of benzene rings is 2. The molecule has 0 aromatic heterocycles. The van der Waals surface area contributed by atoms with Crippen molar-refractivity contribution in [2.45, 2.75) is 46.2 Å². The Kier molecular flexibility index (Phi) is 10.2. The Balaban J connectivity index is 2.44. The first-order valence-corrected chi connectivity index (χ1v) is 13.6. The van der Waals surface area contributed by atoms with Gasteiger partial charge in [0.05, 0.1) is 16.9 Å². The SMILES string of the molecule is CCCCNC(=O)[C@H](C)N(Cc1cccc(Cl)c1)C(=O)CN(c1cc([N+](=O)[O-])ccc1C)S(C)(=O)=O. The fourth-order valence-electron chi connectivity index (χ4n) is 3.53. The van der Waals surface area contributed by atoms with Crippen LogP contribution in [0.5, 0.6) is 0 Å². The zero-order chi connectivity index (χ0) is 27.0. The lowest BCUT2D eigenvalue weighted by atomic mass is 10.1. The molecule has 36 heavy (non-hydrogen) atoms. The van der Waals surface area contributed by atoms with Crippen molar-refractivity contribution >= 4 is 44.8 Å². The van der Waals surface area contributed by atoms with Crippen LogP contribution < -0.4 is 9.62 Å². The summed E-state index contributed by atoms with van der Waals surface area (Å²) in [6.45, 7) is 4.95. The van der Waals surface area contributed by atoms with Gasteiger partial charge in [-0.2, -0.15) is 0 Å². The summed E-state index contributed by atoms with van der Waals surface area (Å²) in [5, 5.41) is 14.5. The van der Waals surface area contributed by atoms with Crippen LogP contribution in [0.15, 0.2) is 42.5 Å². The number of halogens is 1. The fourth-order valence-corrected chi connectivity index (χ4v) is 4.64. The van der Waals surface area contributed by atoms with E-state index in [1.807, 2.05) is 6.92 Å². The third kappa shape index (κ3) is 7.92. The smallest absolute Gasteiger partial charge is 0.271 e. The molecule has 2 rings (SSSR count). The summed E-state index contributed by atoms with van der Waals surface area (Å²) in [4.78, 5) is 38.3. The molecule has 2 aromatic carbocycles. The average Bonchev–Trinajstić information content (AvgIpc) is 2.80. The Morgan fingerprint density at radius 3 is 2.47 bits per heavy atom. The average molecular weight is 539 g/mol. The molecule has 0 heterocycles. The first-order chi connectivity index (χ1) is 16.8. The quantitative estimate of drug-likeness (QED) is 0.249. The van der Waals surface area contributed by atoms with Crippen LogP contribution in [0, 0.1) is 17.0 Å². The van der Waals surface area contributed by atoms with Crippen molar-refractivity contribution in [3.8, 4) is 0 Å². The van der Waals surface area contributed by atoms with Crippen molar-refractivity contribution in [2.75, 3.05) is 23.7 Å². The van der Waals surface area contributed by atoms with Crippen LogP contribution in [0.3, 0.4) is 0 Å². The van der Waals surface area contributed by atoms with Gasteiger partial charge in [-0.1, -0.05) is 43.1 Å². The number of rotatable bonds is 12. The van der Waals surface area contributed by atoms with Crippen molar-refractivity contribution in [1.29, 1.82) is 0 Å². The van der Waals surface area contributed by atoms with Gasteiger partial charge in [-0.3, -0.25) is 24.0 Å². The topological polar surface area (TPSA) is 130 Å². The molecule has 2 aromatic rings. The summed E-state index contributed by atoms with van der Waals surface area (Å²) in [6, 6.07) is 9.66. The highest BCUT2D eigenvalue weighted by Gasteiger charge is 2.31. The minimum atomic E-state index is -4.01. The van der Waals surface area contributed by atoms with Gasteiger partial charge in [0.25, 0.3) is 5.69 Å². The molecule has 0 spiro atoms. The fraction of sp³-hybridized carbons (Fsp3) is 0.417. The maximum Gasteiger partial charge on any atom is 0.271 e. The number of non-ortho nitro benzene ring substituents is 1. The number of unbranched alkanes of at least 4 members (excludes halogenated alkanes) is 1. The van der Waals surface area contributed by atoms with E-state index in [4.69, 9.17) is 11.6 Å². The van der Waals surface area contributed by atoms with Crippen LogP contribution in [0.1, 0.15) is 37.8 Å². The highest BCUT2D eigenvalue weighted by atomic mass is 35.5. The Morgan fingerprint density at radius 1 is 1.19 bits per heavy atom. The lowest BCUT2D eigenvalue weighted by Gasteiger charge is -2.32. The van der Waals surface area contributed by atoms with Gasteiger partial charge in [0.1, 0.15) is 12.6 Å². The molecule has 10 nitrogen and oxygen atoms in total.